The largest absolute Gasteiger partial charge is 0.497 e. The molecular weight excluding hydrogens is 283 g/mol. The second-order valence-electron chi connectivity index (χ2n) is 5.01. The zero-order chi connectivity index (χ0) is 15.7. The maximum absolute atomic E-state index is 13.6. The molecule has 2 aromatic rings. The van der Waals surface area contributed by atoms with Crippen molar-refractivity contribution in [2.45, 2.75) is 5.92 Å². The molecule has 0 fully saturated rings. The molecule has 0 aliphatic carbocycles. The number of methoxy groups -OCH3 is 1. The lowest BCUT2D eigenvalue weighted by Gasteiger charge is -2.30. The minimum Gasteiger partial charge on any atom is -0.497 e. The first-order valence-corrected chi connectivity index (χ1v) is 6.73. The van der Waals surface area contributed by atoms with Crippen molar-refractivity contribution >= 4 is 5.90 Å². The van der Waals surface area contributed by atoms with Crippen molar-refractivity contribution in [3.05, 3.63) is 59.4 Å². The average Bonchev–Trinajstić information content (AvgIpc) is 2.52. The molecule has 3 rings (SSSR count). The maximum Gasteiger partial charge on any atom is 0.205 e. The highest BCUT2D eigenvalue weighted by atomic mass is 19.1. The molecule has 1 N–H and O–H groups in total. The van der Waals surface area contributed by atoms with Gasteiger partial charge >= 0.3 is 0 Å². The lowest BCUT2D eigenvalue weighted by atomic mass is 9.79. The number of hydrogen-bond donors (Lipinski definition) is 1. The normalized spacial score (nSPS) is 19.8. The van der Waals surface area contributed by atoms with E-state index in [-0.39, 0.29) is 11.7 Å². The topological polar surface area (TPSA) is 66.1 Å². The Labute approximate surface area is 127 Å². The summed E-state index contributed by atoms with van der Waals surface area (Å²) >= 11 is 0. The molecule has 0 spiro atoms. The van der Waals surface area contributed by atoms with Crippen LogP contribution in [0.1, 0.15) is 17.0 Å². The number of fused-ring (bicyclic) bond motifs is 1. The van der Waals surface area contributed by atoms with Crippen LogP contribution in [-0.2, 0) is 0 Å². The van der Waals surface area contributed by atoms with E-state index in [0.29, 0.717) is 17.1 Å². The fraction of sp³-hybridized carbons (Fsp3) is 0.176. The SMILES string of the molecule is COc1ccc2c(c1)OC(=N)C(C#N)C2c1cccc(F)c1. The van der Waals surface area contributed by atoms with E-state index < -0.39 is 11.8 Å². The Hall–Kier alpha value is -2.87. The van der Waals surface area contributed by atoms with Crippen LogP contribution in [0.5, 0.6) is 11.5 Å². The summed E-state index contributed by atoms with van der Waals surface area (Å²) in [7, 11) is 1.54. The summed E-state index contributed by atoms with van der Waals surface area (Å²) in [5.74, 6) is -0.685. The maximum atomic E-state index is 13.6. The Morgan fingerprint density at radius 2 is 2.09 bits per heavy atom. The van der Waals surface area contributed by atoms with Crippen LogP contribution in [-0.4, -0.2) is 13.0 Å². The lowest BCUT2D eigenvalue weighted by Crippen LogP contribution is -2.30. The van der Waals surface area contributed by atoms with Gasteiger partial charge in [0, 0.05) is 17.5 Å². The molecule has 110 valence electrons. The van der Waals surface area contributed by atoms with E-state index in [1.807, 2.05) is 0 Å². The lowest BCUT2D eigenvalue weighted by molar-refractivity contribution is 0.404. The van der Waals surface area contributed by atoms with Crippen molar-refractivity contribution in [3.8, 4) is 17.6 Å². The molecule has 22 heavy (non-hydrogen) atoms. The summed E-state index contributed by atoms with van der Waals surface area (Å²) in [6, 6.07) is 13.4. The molecule has 5 heteroatoms. The first-order valence-electron chi connectivity index (χ1n) is 6.73. The van der Waals surface area contributed by atoms with Crippen LogP contribution < -0.4 is 9.47 Å². The molecule has 0 amide bonds. The number of nitrogens with one attached hydrogen (secondary N) is 1. The van der Waals surface area contributed by atoms with Gasteiger partial charge in [-0.05, 0) is 23.8 Å². The van der Waals surface area contributed by atoms with Crippen molar-refractivity contribution in [1.29, 1.82) is 10.7 Å². The molecular formula is C17H13FN2O2. The number of benzene rings is 2. The second kappa shape index (κ2) is 5.49. The van der Waals surface area contributed by atoms with E-state index >= 15 is 0 Å². The van der Waals surface area contributed by atoms with E-state index in [1.165, 1.54) is 19.2 Å². The molecule has 0 radical (unpaired) electrons. The number of rotatable bonds is 2. The van der Waals surface area contributed by atoms with Gasteiger partial charge in [0.05, 0.1) is 13.2 Å². The summed E-state index contributed by atoms with van der Waals surface area (Å²) in [5.41, 5.74) is 1.39. The Morgan fingerprint density at radius 3 is 2.77 bits per heavy atom. The Morgan fingerprint density at radius 1 is 1.27 bits per heavy atom. The highest BCUT2D eigenvalue weighted by Gasteiger charge is 2.37. The van der Waals surface area contributed by atoms with E-state index in [4.69, 9.17) is 14.9 Å². The van der Waals surface area contributed by atoms with Crippen LogP contribution >= 0.6 is 0 Å². The van der Waals surface area contributed by atoms with Gasteiger partial charge in [0.2, 0.25) is 5.90 Å². The van der Waals surface area contributed by atoms with Gasteiger partial charge in [-0.2, -0.15) is 5.26 Å². The van der Waals surface area contributed by atoms with E-state index in [0.717, 1.165) is 5.56 Å². The summed E-state index contributed by atoms with van der Waals surface area (Å²) in [6.45, 7) is 0. The van der Waals surface area contributed by atoms with Gasteiger partial charge in [-0.1, -0.05) is 18.2 Å². The van der Waals surface area contributed by atoms with Crippen LogP contribution in [0.25, 0.3) is 0 Å². The first-order chi connectivity index (χ1) is 10.6. The van der Waals surface area contributed by atoms with Crippen molar-refractivity contribution in [2.75, 3.05) is 7.11 Å². The molecule has 1 aliphatic rings. The highest BCUT2D eigenvalue weighted by molar-refractivity contribution is 5.85. The van der Waals surface area contributed by atoms with Crippen molar-refractivity contribution in [3.63, 3.8) is 0 Å². The fourth-order valence-electron chi connectivity index (χ4n) is 2.71. The standard InChI is InChI=1S/C17H13FN2O2/c1-21-12-5-6-13-15(8-12)22-17(20)14(9-19)16(13)10-3-2-4-11(18)7-10/h2-8,14,16,20H,1H3. The third-order valence-electron chi connectivity index (χ3n) is 3.74. The molecule has 0 saturated carbocycles. The Balaban J connectivity index is 2.18. The summed E-state index contributed by atoms with van der Waals surface area (Å²) in [4.78, 5) is 0. The van der Waals surface area contributed by atoms with Gasteiger partial charge in [-0.3, -0.25) is 5.41 Å². The second-order valence-corrected chi connectivity index (χ2v) is 5.01. The zero-order valence-electron chi connectivity index (χ0n) is 11.8. The molecule has 0 aromatic heterocycles. The molecule has 4 nitrogen and oxygen atoms in total. The van der Waals surface area contributed by atoms with Crippen molar-refractivity contribution in [2.24, 2.45) is 5.92 Å². The van der Waals surface area contributed by atoms with Gasteiger partial charge in [-0.15, -0.1) is 0 Å². The number of ether oxygens (including phenoxy) is 2. The van der Waals surface area contributed by atoms with Crippen molar-refractivity contribution in [1.82, 2.24) is 0 Å². The van der Waals surface area contributed by atoms with Gasteiger partial charge in [-0.25, -0.2) is 4.39 Å². The minimum atomic E-state index is -0.789. The number of halogens is 1. The average molecular weight is 296 g/mol. The minimum absolute atomic E-state index is 0.141. The van der Waals surface area contributed by atoms with Gasteiger partial charge in [0.25, 0.3) is 0 Å². The van der Waals surface area contributed by atoms with Crippen LogP contribution in [0.3, 0.4) is 0 Å². The molecule has 0 saturated heterocycles. The van der Waals surface area contributed by atoms with Gasteiger partial charge in [0.15, 0.2) is 0 Å². The van der Waals surface area contributed by atoms with E-state index in [2.05, 4.69) is 6.07 Å². The van der Waals surface area contributed by atoms with Crippen molar-refractivity contribution < 1.29 is 13.9 Å². The Kier molecular flexibility index (Phi) is 3.51. The Bertz CT molecular complexity index is 782. The summed E-state index contributed by atoms with van der Waals surface area (Å²) in [5, 5.41) is 17.4. The number of nitrogens with zero attached hydrogens (tertiary/aromatic N) is 1. The van der Waals surface area contributed by atoms with E-state index in [9.17, 15) is 9.65 Å². The van der Waals surface area contributed by atoms with E-state index in [1.54, 1.807) is 30.3 Å². The molecule has 1 heterocycles. The zero-order valence-corrected chi connectivity index (χ0v) is 11.8. The van der Waals surface area contributed by atoms with Crippen LogP contribution in [0.2, 0.25) is 0 Å². The molecule has 2 unspecified atom stereocenters. The van der Waals surface area contributed by atoms with Crippen LogP contribution in [0.4, 0.5) is 4.39 Å². The molecule has 2 atom stereocenters. The van der Waals surface area contributed by atoms with Crippen LogP contribution in [0, 0.1) is 28.5 Å². The van der Waals surface area contributed by atoms with Crippen LogP contribution in [0.15, 0.2) is 42.5 Å². The number of hydrogen-bond acceptors (Lipinski definition) is 4. The third-order valence-corrected chi connectivity index (χ3v) is 3.74. The van der Waals surface area contributed by atoms with Gasteiger partial charge in [0.1, 0.15) is 23.2 Å². The third kappa shape index (κ3) is 2.29. The predicted molar refractivity (Wildman–Crippen MR) is 78.7 cm³/mol. The first kappa shape index (κ1) is 14.1. The summed E-state index contributed by atoms with van der Waals surface area (Å²) < 4.78 is 24.2. The smallest absolute Gasteiger partial charge is 0.205 e. The molecule has 1 aliphatic heterocycles. The summed E-state index contributed by atoms with van der Waals surface area (Å²) in [6.07, 6.45) is 0. The fourth-order valence-corrected chi connectivity index (χ4v) is 2.71. The quantitative estimate of drug-likeness (QED) is 0.922. The monoisotopic (exact) mass is 296 g/mol. The van der Waals surface area contributed by atoms with Gasteiger partial charge < -0.3 is 9.47 Å². The molecule has 0 bridgehead atoms. The highest BCUT2D eigenvalue weighted by Crippen LogP contribution is 2.43. The predicted octanol–water partition coefficient (Wildman–Crippen LogP) is 3.48. The molecule has 2 aromatic carbocycles. The number of nitriles is 1.